The van der Waals surface area contributed by atoms with Crippen LogP contribution in [0, 0.1) is 0 Å². The third kappa shape index (κ3) is 9.50. The fourth-order valence-electron chi connectivity index (χ4n) is 3.58. The van der Waals surface area contributed by atoms with Crippen LogP contribution in [0.5, 0.6) is 0 Å². The highest BCUT2D eigenvalue weighted by atomic mass is 32.2. The third-order valence-corrected chi connectivity index (χ3v) is 19.7. The molecule has 0 aromatic rings. The fourth-order valence-corrected chi connectivity index (χ4v) is 9.79. The van der Waals surface area contributed by atoms with Gasteiger partial charge in [-0.2, -0.15) is 8.42 Å². The van der Waals surface area contributed by atoms with Gasteiger partial charge in [-0.25, -0.2) is 0 Å². The van der Waals surface area contributed by atoms with Crippen LogP contribution in [0.2, 0.25) is 36.3 Å². The van der Waals surface area contributed by atoms with Crippen molar-refractivity contribution in [1.82, 2.24) is 0 Å². The Labute approximate surface area is 229 Å². The molecule has 37 heavy (non-hydrogen) atoms. The monoisotopic (exact) mass is 602 g/mol. The van der Waals surface area contributed by atoms with Crippen LogP contribution in [-0.4, -0.2) is 82.5 Å². The maximum atomic E-state index is 14.2. The van der Waals surface area contributed by atoms with Crippen molar-refractivity contribution >= 4 is 42.2 Å². The number of hydrogen-bond acceptors (Lipinski definition) is 9. The van der Waals surface area contributed by atoms with Gasteiger partial charge in [0.05, 0.1) is 31.7 Å². The van der Waals surface area contributed by atoms with Crippen LogP contribution in [-0.2, 0) is 41.5 Å². The summed E-state index contributed by atoms with van der Waals surface area (Å²) in [6, 6.07) is -0.322. The Morgan fingerprint density at radius 3 is 1.81 bits per heavy atom. The Bertz CT molecular complexity index is 893. The summed E-state index contributed by atoms with van der Waals surface area (Å²) in [7, 11) is -10.8. The lowest BCUT2D eigenvalue weighted by Gasteiger charge is -2.43. The van der Waals surface area contributed by atoms with Gasteiger partial charge < -0.3 is 22.6 Å². The standard InChI is InChI=1S/C23H52BO9PSSi2/c1-14-28-34(25,29-15-2)21(33-37(12,13)23(6,7)8)19(31-35(9,26)27)17-16-18(20(24)30-17)32-36(10,11)22(3,4)5/h17-21H,14-16,24H2,1-13H3/t17-,18?,19?,20+,21?/m0/s1. The molecule has 220 valence electrons. The molecule has 3 unspecified atom stereocenters. The molecule has 1 aliphatic heterocycles. The zero-order valence-corrected chi connectivity index (χ0v) is 29.2. The molecule has 1 aliphatic rings. The Balaban J connectivity index is 3.60. The van der Waals surface area contributed by atoms with E-state index in [1.165, 1.54) is 0 Å². The molecule has 0 aromatic carbocycles. The second-order valence-corrected chi connectivity index (χ2v) is 26.2. The van der Waals surface area contributed by atoms with Crippen molar-refractivity contribution in [3.63, 3.8) is 0 Å². The lowest BCUT2D eigenvalue weighted by molar-refractivity contribution is -0.0398. The van der Waals surface area contributed by atoms with Crippen LogP contribution >= 0.6 is 7.60 Å². The van der Waals surface area contributed by atoms with Crippen molar-refractivity contribution in [2.75, 3.05) is 19.5 Å². The van der Waals surface area contributed by atoms with E-state index in [1.54, 1.807) is 13.8 Å². The largest absolute Gasteiger partial charge is 0.412 e. The van der Waals surface area contributed by atoms with Gasteiger partial charge in [-0.3, -0.25) is 8.75 Å². The van der Waals surface area contributed by atoms with Crippen LogP contribution in [0.3, 0.4) is 0 Å². The fraction of sp³-hybridized carbons (Fsp3) is 1.00. The Hall–Kier alpha value is 0.439. The van der Waals surface area contributed by atoms with Crippen molar-refractivity contribution in [1.29, 1.82) is 0 Å². The van der Waals surface area contributed by atoms with Crippen LogP contribution in [0.15, 0.2) is 0 Å². The molecule has 5 atom stereocenters. The number of hydrogen-bond donors (Lipinski definition) is 0. The summed E-state index contributed by atoms with van der Waals surface area (Å²) in [5.74, 6) is -1.30. The molecule has 0 N–H and O–H groups in total. The summed E-state index contributed by atoms with van der Waals surface area (Å²) < 4.78 is 75.9. The van der Waals surface area contributed by atoms with Crippen molar-refractivity contribution in [3.05, 3.63) is 0 Å². The molecule has 9 nitrogen and oxygen atoms in total. The summed E-state index contributed by atoms with van der Waals surface area (Å²) >= 11 is 0. The SMILES string of the molecule is B[C@@H]1O[C@H](C(OS(C)(=O)=O)C(O[Si](C)(C)C(C)(C)C)P(=O)(OCC)OCC)CC1O[Si](C)(C)C(C)(C)C. The molecule has 1 rings (SSSR count). The van der Waals surface area contributed by atoms with Gasteiger partial charge in [-0.05, 0) is 50.1 Å². The Morgan fingerprint density at radius 1 is 0.973 bits per heavy atom. The molecule has 1 saturated heterocycles. The molecule has 0 bridgehead atoms. The maximum Gasteiger partial charge on any atom is 0.360 e. The van der Waals surface area contributed by atoms with Gasteiger partial charge in [0.2, 0.25) is 0 Å². The first-order valence-corrected chi connectivity index (χ1v) is 22.4. The summed E-state index contributed by atoms with van der Waals surface area (Å²) in [4.78, 5) is 0. The van der Waals surface area contributed by atoms with E-state index in [-0.39, 0.29) is 35.4 Å². The molecule has 1 fully saturated rings. The molecule has 0 aromatic heterocycles. The summed E-state index contributed by atoms with van der Waals surface area (Å²) in [6.07, 6.45) is -0.947. The van der Waals surface area contributed by atoms with Crippen LogP contribution in [0.1, 0.15) is 61.8 Å². The highest BCUT2D eigenvalue weighted by molar-refractivity contribution is 7.86. The highest BCUT2D eigenvalue weighted by Gasteiger charge is 2.55. The minimum absolute atomic E-state index is 0.0128. The zero-order valence-electron chi connectivity index (χ0n) is 25.5. The average Bonchev–Trinajstić information content (AvgIpc) is 3.02. The number of ether oxygens (including phenoxy) is 1. The number of rotatable bonds is 13. The molecule has 0 aliphatic carbocycles. The van der Waals surface area contributed by atoms with Crippen molar-refractivity contribution < 1.29 is 39.8 Å². The van der Waals surface area contributed by atoms with Gasteiger partial charge in [0, 0.05) is 12.4 Å². The Kier molecular flexibility index (Phi) is 12.0. The van der Waals surface area contributed by atoms with E-state index in [4.69, 9.17) is 26.8 Å². The molecule has 0 amide bonds. The van der Waals surface area contributed by atoms with E-state index in [2.05, 4.69) is 33.9 Å². The smallest absolute Gasteiger partial charge is 0.360 e. The average molecular weight is 603 g/mol. The zero-order chi connectivity index (χ0) is 29.3. The van der Waals surface area contributed by atoms with E-state index in [0.717, 1.165) is 6.26 Å². The molecule has 0 saturated carbocycles. The van der Waals surface area contributed by atoms with Crippen molar-refractivity contribution in [2.45, 2.75) is 128 Å². The summed E-state index contributed by atoms with van der Waals surface area (Å²) in [5, 5.41) is -0.275. The van der Waals surface area contributed by atoms with Crippen molar-refractivity contribution in [3.8, 4) is 0 Å². The van der Waals surface area contributed by atoms with Crippen LogP contribution in [0.4, 0.5) is 0 Å². The quantitative estimate of drug-likeness (QED) is 0.162. The Morgan fingerprint density at radius 2 is 1.43 bits per heavy atom. The first-order chi connectivity index (χ1) is 16.4. The second kappa shape index (κ2) is 12.5. The van der Waals surface area contributed by atoms with E-state index in [0.29, 0.717) is 6.42 Å². The molecule has 0 radical (unpaired) electrons. The maximum absolute atomic E-state index is 14.2. The van der Waals surface area contributed by atoms with Gasteiger partial charge in [-0.15, -0.1) is 0 Å². The van der Waals surface area contributed by atoms with E-state index in [9.17, 15) is 13.0 Å². The lowest BCUT2D eigenvalue weighted by Crippen LogP contribution is -2.51. The lowest BCUT2D eigenvalue weighted by atomic mass is 9.94. The van der Waals surface area contributed by atoms with Gasteiger partial charge in [0.1, 0.15) is 14.0 Å². The first-order valence-electron chi connectivity index (χ1n) is 13.2. The molecule has 0 spiro atoms. The third-order valence-electron chi connectivity index (χ3n) is 7.71. The highest BCUT2D eigenvalue weighted by Crippen LogP contribution is 2.58. The normalized spacial score (nSPS) is 24.3. The minimum Gasteiger partial charge on any atom is -0.412 e. The molecular weight excluding hydrogens is 550 g/mol. The topological polar surface area (TPSA) is 107 Å². The van der Waals surface area contributed by atoms with Crippen molar-refractivity contribution in [2.24, 2.45) is 0 Å². The minimum atomic E-state index is -3.99. The van der Waals surface area contributed by atoms with Crippen LogP contribution < -0.4 is 0 Å². The molecular formula is C23H52BO9PSSi2. The van der Waals surface area contributed by atoms with E-state index in [1.807, 2.05) is 41.7 Å². The van der Waals surface area contributed by atoms with E-state index >= 15 is 0 Å². The van der Waals surface area contributed by atoms with Gasteiger partial charge in [0.25, 0.3) is 10.1 Å². The summed E-state index contributed by atoms with van der Waals surface area (Å²) in [5.41, 5.74) is 0. The van der Waals surface area contributed by atoms with Gasteiger partial charge in [-0.1, -0.05) is 41.5 Å². The van der Waals surface area contributed by atoms with Gasteiger partial charge in [0.15, 0.2) is 22.5 Å². The molecule has 1 heterocycles. The predicted molar refractivity (Wildman–Crippen MR) is 157 cm³/mol. The predicted octanol–water partition coefficient (Wildman–Crippen LogP) is 5.08. The first kappa shape index (κ1) is 35.5. The van der Waals surface area contributed by atoms with E-state index < -0.39 is 52.4 Å². The van der Waals surface area contributed by atoms with Crippen LogP contribution in [0.25, 0.3) is 0 Å². The van der Waals surface area contributed by atoms with Gasteiger partial charge >= 0.3 is 7.60 Å². The second-order valence-electron chi connectivity index (χ2n) is 12.9. The molecule has 14 heteroatoms. The summed E-state index contributed by atoms with van der Waals surface area (Å²) in [6.45, 7) is 24.6.